The van der Waals surface area contributed by atoms with Gasteiger partial charge < -0.3 is 9.67 Å². The monoisotopic (exact) mass is 256 g/mol. The van der Waals surface area contributed by atoms with Gasteiger partial charge in [0, 0.05) is 18.4 Å². The van der Waals surface area contributed by atoms with Crippen LogP contribution >= 0.6 is 11.8 Å². The van der Waals surface area contributed by atoms with Gasteiger partial charge in [0.1, 0.15) is 0 Å². The molecule has 1 aromatic heterocycles. The summed E-state index contributed by atoms with van der Waals surface area (Å²) >= 11 is 1.30. The molecule has 4 nitrogen and oxygen atoms in total. The zero-order valence-electron chi connectivity index (χ0n) is 10.6. The van der Waals surface area contributed by atoms with E-state index < -0.39 is 5.97 Å². The molecule has 1 atom stereocenters. The number of hydrogen-bond acceptors (Lipinski definition) is 3. The van der Waals surface area contributed by atoms with Crippen LogP contribution in [0.1, 0.15) is 32.9 Å². The third kappa shape index (κ3) is 4.07. The number of carbonyl (C=O) groups is 1. The average Bonchev–Trinajstić information content (AvgIpc) is 2.68. The molecular weight excluding hydrogens is 236 g/mol. The minimum Gasteiger partial charge on any atom is -0.481 e. The number of carboxylic acid groups (broad SMARTS) is 1. The van der Waals surface area contributed by atoms with Crippen molar-refractivity contribution in [2.45, 2.75) is 45.3 Å². The minimum atomic E-state index is -0.800. The summed E-state index contributed by atoms with van der Waals surface area (Å²) in [7, 11) is 0. The highest BCUT2D eigenvalue weighted by atomic mass is 32.2. The van der Waals surface area contributed by atoms with Crippen LogP contribution in [0.5, 0.6) is 0 Å². The highest BCUT2D eigenvalue weighted by molar-refractivity contribution is 7.99. The maximum absolute atomic E-state index is 10.6. The topological polar surface area (TPSA) is 55.1 Å². The second-order valence-corrected chi connectivity index (χ2v) is 5.13. The number of rotatable bonds is 7. The molecule has 0 spiro atoms. The molecule has 1 N–H and O–H groups in total. The van der Waals surface area contributed by atoms with Crippen molar-refractivity contribution in [2.75, 3.05) is 5.75 Å². The normalized spacial score (nSPS) is 12.6. The fraction of sp³-hybridized carbons (Fsp3) is 0.667. The second kappa shape index (κ2) is 6.69. The van der Waals surface area contributed by atoms with Crippen molar-refractivity contribution in [3.05, 3.63) is 11.9 Å². The van der Waals surface area contributed by atoms with E-state index in [2.05, 4.69) is 30.3 Å². The Balaban J connectivity index is 2.81. The van der Waals surface area contributed by atoms with E-state index >= 15 is 0 Å². The first kappa shape index (κ1) is 14.1. The maximum Gasteiger partial charge on any atom is 0.313 e. The van der Waals surface area contributed by atoms with Gasteiger partial charge in [-0.15, -0.1) is 0 Å². The second-order valence-electron chi connectivity index (χ2n) is 4.19. The van der Waals surface area contributed by atoms with Gasteiger partial charge in [-0.05, 0) is 12.3 Å². The fourth-order valence-corrected chi connectivity index (χ4v) is 2.28. The highest BCUT2D eigenvalue weighted by Gasteiger charge is 2.12. The first-order valence-electron chi connectivity index (χ1n) is 5.97. The SMILES string of the molecule is CCc1cnc(SCC(=O)O)n1CC(C)CC. The number of aryl methyl sites for hydroxylation is 1. The predicted molar refractivity (Wildman–Crippen MR) is 69.4 cm³/mol. The Hall–Kier alpha value is -0.970. The van der Waals surface area contributed by atoms with E-state index in [9.17, 15) is 4.79 Å². The van der Waals surface area contributed by atoms with Crippen molar-refractivity contribution in [3.8, 4) is 0 Å². The summed E-state index contributed by atoms with van der Waals surface area (Å²) in [6.07, 6.45) is 3.90. The van der Waals surface area contributed by atoms with Crippen molar-refractivity contribution >= 4 is 17.7 Å². The van der Waals surface area contributed by atoms with Gasteiger partial charge in [0.15, 0.2) is 5.16 Å². The summed E-state index contributed by atoms with van der Waals surface area (Å²) in [4.78, 5) is 14.9. The summed E-state index contributed by atoms with van der Waals surface area (Å²) < 4.78 is 2.15. The Morgan fingerprint density at radius 1 is 1.59 bits per heavy atom. The first-order chi connectivity index (χ1) is 8.08. The molecule has 1 rings (SSSR count). The lowest BCUT2D eigenvalue weighted by Crippen LogP contribution is -2.11. The van der Waals surface area contributed by atoms with Gasteiger partial charge in [-0.25, -0.2) is 4.98 Å². The fourth-order valence-electron chi connectivity index (χ4n) is 1.55. The van der Waals surface area contributed by atoms with Crippen LogP contribution in [0.3, 0.4) is 0 Å². The van der Waals surface area contributed by atoms with Crippen LogP contribution in [-0.2, 0) is 17.8 Å². The maximum atomic E-state index is 10.6. The van der Waals surface area contributed by atoms with E-state index in [1.165, 1.54) is 17.5 Å². The molecule has 1 aromatic rings. The van der Waals surface area contributed by atoms with E-state index in [0.29, 0.717) is 5.92 Å². The Labute approximate surface area is 106 Å². The van der Waals surface area contributed by atoms with E-state index in [1.807, 2.05) is 6.20 Å². The van der Waals surface area contributed by atoms with E-state index in [0.717, 1.165) is 24.5 Å². The number of aliphatic carboxylic acids is 1. The standard InChI is InChI=1S/C12H20N2O2S/c1-4-9(3)7-14-10(5-2)6-13-12(14)17-8-11(15)16/h6,9H,4-5,7-8H2,1-3H3,(H,15,16). The van der Waals surface area contributed by atoms with Crippen LogP contribution in [-0.4, -0.2) is 26.4 Å². The molecular formula is C12H20N2O2S. The van der Waals surface area contributed by atoms with Gasteiger partial charge in [-0.1, -0.05) is 39.0 Å². The number of nitrogens with zero attached hydrogens (tertiary/aromatic N) is 2. The first-order valence-corrected chi connectivity index (χ1v) is 6.96. The van der Waals surface area contributed by atoms with Crippen LogP contribution in [0.15, 0.2) is 11.4 Å². The third-order valence-corrected chi connectivity index (χ3v) is 3.76. The van der Waals surface area contributed by atoms with E-state index in [4.69, 9.17) is 5.11 Å². The van der Waals surface area contributed by atoms with Gasteiger partial charge >= 0.3 is 5.97 Å². The molecule has 0 aliphatic heterocycles. The number of thioether (sulfide) groups is 1. The van der Waals surface area contributed by atoms with Gasteiger partial charge in [-0.2, -0.15) is 0 Å². The Bertz CT molecular complexity index is 377. The molecule has 0 saturated carbocycles. The smallest absolute Gasteiger partial charge is 0.313 e. The molecule has 96 valence electrons. The number of carboxylic acids is 1. The zero-order valence-corrected chi connectivity index (χ0v) is 11.5. The molecule has 0 amide bonds. The van der Waals surface area contributed by atoms with E-state index in [-0.39, 0.29) is 5.75 Å². The largest absolute Gasteiger partial charge is 0.481 e. The Morgan fingerprint density at radius 3 is 2.82 bits per heavy atom. The Morgan fingerprint density at radius 2 is 2.29 bits per heavy atom. The lowest BCUT2D eigenvalue weighted by Gasteiger charge is -2.14. The summed E-state index contributed by atoms with van der Waals surface area (Å²) in [6.45, 7) is 7.37. The van der Waals surface area contributed by atoms with Gasteiger partial charge in [0.25, 0.3) is 0 Å². The van der Waals surface area contributed by atoms with Gasteiger partial charge in [0.05, 0.1) is 5.75 Å². The van der Waals surface area contributed by atoms with Crippen LogP contribution in [0, 0.1) is 5.92 Å². The van der Waals surface area contributed by atoms with Crippen LogP contribution in [0.4, 0.5) is 0 Å². The number of aromatic nitrogens is 2. The summed E-state index contributed by atoms with van der Waals surface area (Å²) in [5.41, 5.74) is 1.18. The number of imidazole rings is 1. The summed E-state index contributed by atoms with van der Waals surface area (Å²) in [5.74, 6) is -0.148. The van der Waals surface area contributed by atoms with Crippen molar-refractivity contribution in [3.63, 3.8) is 0 Å². The number of hydrogen-bond donors (Lipinski definition) is 1. The highest BCUT2D eigenvalue weighted by Crippen LogP contribution is 2.21. The quantitative estimate of drug-likeness (QED) is 0.762. The molecule has 0 aromatic carbocycles. The molecule has 0 bridgehead atoms. The molecule has 0 radical (unpaired) electrons. The van der Waals surface area contributed by atoms with Crippen molar-refractivity contribution < 1.29 is 9.90 Å². The lowest BCUT2D eigenvalue weighted by atomic mass is 10.1. The Kier molecular flexibility index (Phi) is 5.55. The van der Waals surface area contributed by atoms with Crippen LogP contribution in [0.25, 0.3) is 0 Å². The van der Waals surface area contributed by atoms with Gasteiger partial charge in [0.2, 0.25) is 0 Å². The third-order valence-electron chi connectivity index (χ3n) is 2.78. The molecule has 17 heavy (non-hydrogen) atoms. The molecule has 0 fully saturated rings. The summed E-state index contributed by atoms with van der Waals surface area (Å²) in [6, 6.07) is 0. The summed E-state index contributed by atoms with van der Waals surface area (Å²) in [5, 5.41) is 9.52. The van der Waals surface area contributed by atoms with Gasteiger partial charge in [-0.3, -0.25) is 4.79 Å². The van der Waals surface area contributed by atoms with E-state index in [1.54, 1.807) is 0 Å². The van der Waals surface area contributed by atoms with Crippen LogP contribution < -0.4 is 0 Å². The lowest BCUT2D eigenvalue weighted by molar-refractivity contribution is -0.133. The molecule has 0 aliphatic carbocycles. The molecule has 1 unspecified atom stereocenters. The van der Waals surface area contributed by atoms with Crippen molar-refractivity contribution in [1.82, 2.24) is 9.55 Å². The molecule has 0 aliphatic rings. The zero-order chi connectivity index (χ0) is 12.8. The van der Waals surface area contributed by atoms with Crippen molar-refractivity contribution in [2.24, 2.45) is 5.92 Å². The van der Waals surface area contributed by atoms with Crippen LogP contribution in [0.2, 0.25) is 0 Å². The predicted octanol–water partition coefficient (Wildman–Crippen LogP) is 2.67. The molecule has 5 heteroatoms. The minimum absolute atomic E-state index is 0.0701. The average molecular weight is 256 g/mol. The molecule has 1 heterocycles. The van der Waals surface area contributed by atoms with Crippen molar-refractivity contribution in [1.29, 1.82) is 0 Å². The molecule has 0 saturated heterocycles.